The number of aryl methyl sites for hydroxylation is 1. The smallest absolute Gasteiger partial charge is 0.321 e. The minimum absolute atomic E-state index is 0.207. The number of nitrogens with one attached hydrogen (secondary N) is 1. The summed E-state index contributed by atoms with van der Waals surface area (Å²) in [6.07, 6.45) is -0.207. The molecule has 1 rings (SSSR count). The molecule has 1 atom stereocenters. The van der Waals surface area contributed by atoms with Crippen LogP contribution in [-0.2, 0) is 16.1 Å². The van der Waals surface area contributed by atoms with E-state index in [2.05, 4.69) is 5.32 Å². The summed E-state index contributed by atoms with van der Waals surface area (Å²) < 4.78 is 0. The summed E-state index contributed by atoms with van der Waals surface area (Å²) in [4.78, 5) is 21.8. The molecule has 1 aromatic carbocycles. The molecule has 5 heteroatoms. The summed E-state index contributed by atoms with van der Waals surface area (Å²) in [7, 11) is 0. The molecule has 0 saturated carbocycles. The highest BCUT2D eigenvalue weighted by Crippen LogP contribution is 2.06. The number of carboxylic acid groups (broad SMARTS) is 1. The SMILES string of the molecule is Cc1ccccc1CNC(=O)C[C@H](N)C(=O)O. The van der Waals surface area contributed by atoms with Crippen LogP contribution >= 0.6 is 0 Å². The van der Waals surface area contributed by atoms with Crippen molar-refractivity contribution in [2.24, 2.45) is 5.73 Å². The highest BCUT2D eigenvalue weighted by atomic mass is 16.4. The number of hydrogen-bond acceptors (Lipinski definition) is 3. The van der Waals surface area contributed by atoms with E-state index in [1.165, 1.54) is 0 Å². The van der Waals surface area contributed by atoms with Gasteiger partial charge in [-0.15, -0.1) is 0 Å². The Morgan fingerprint density at radius 2 is 2.06 bits per heavy atom. The number of hydrogen-bond donors (Lipinski definition) is 3. The first-order valence-corrected chi connectivity index (χ1v) is 5.30. The van der Waals surface area contributed by atoms with Crippen LogP contribution in [0.1, 0.15) is 17.5 Å². The van der Waals surface area contributed by atoms with Gasteiger partial charge in [0.2, 0.25) is 5.91 Å². The quantitative estimate of drug-likeness (QED) is 0.690. The van der Waals surface area contributed by atoms with Crippen molar-refractivity contribution >= 4 is 11.9 Å². The van der Waals surface area contributed by atoms with Crippen LogP contribution in [0.4, 0.5) is 0 Å². The molecule has 0 aliphatic rings. The van der Waals surface area contributed by atoms with Gasteiger partial charge in [0, 0.05) is 6.54 Å². The monoisotopic (exact) mass is 236 g/mol. The van der Waals surface area contributed by atoms with Gasteiger partial charge in [-0.1, -0.05) is 24.3 Å². The molecule has 0 aliphatic carbocycles. The van der Waals surface area contributed by atoms with Gasteiger partial charge in [-0.2, -0.15) is 0 Å². The van der Waals surface area contributed by atoms with Crippen molar-refractivity contribution in [1.82, 2.24) is 5.32 Å². The van der Waals surface area contributed by atoms with Crippen molar-refractivity contribution in [3.63, 3.8) is 0 Å². The maximum atomic E-state index is 11.4. The van der Waals surface area contributed by atoms with Gasteiger partial charge < -0.3 is 16.2 Å². The third-order valence-corrected chi connectivity index (χ3v) is 2.46. The Balaban J connectivity index is 2.44. The lowest BCUT2D eigenvalue weighted by atomic mass is 10.1. The maximum absolute atomic E-state index is 11.4. The van der Waals surface area contributed by atoms with Crippen molar-refractivity contribution in [1.29, 1.82) is 0 Å². The zero-order valence-corrected chi connectivity index (χ0v) is 9.64. The Labute approximate surface area is 99.6 Å². The van der Waals surface area contributed by atoms with E-state index < -0.39 is 12.0 Å². The molecule has 5 nitrogen and oxygen atoms in total. The molecule has 0 saturated heterocycles. The molecule has 0 heterocycles. The summed E-state index contributed by atoms with van der Waals surface area (Å²) in [6.45, 7) is 2.34. The Kier molecular flexibility index (Phi) is 4.66. The van der Waals surface area contributed by atoms with Crippen LogP contribution in [0.2, 0.25) is 0 Å². The molecule has 92 valence electrons. The zero-order chi connectivity index (χ0) is 12.8. The number of carbonyl (C=O) groups excluding carboxylic acids is 1. The molecular weight excluding hydrogens is 220 g/mol. The summed E-state index contributed by atoms with van der Waals surface area (Å²) in [5.74, 6) is -1.53. The first kappa shape index (κ1) is 13.2. The van der Waals surface area contributed by atoms with E-state index in [4.69, 9.17) is 10.8 Å². The fourth-order valence-corrected chi connectivity index (χ4v) is 1.36. The molecule has 0 aromatic heterocycles. The van der Waals surface area contributed by atoms with E-state index >= 15 is 0 Å². The average Bonchev–Trinajstić information content (AvgIpc) is 2.27. The largest absolute Gasteiger partial charge is 0.480 e. The molecule has 17 heavy (non-hydrogen) atoms. The number of carboxylic acids is 1. The minimum Gasteiger partial charge on any atom is -0.480 e. The summed E-state index contributed by atoms with van der Waals surface area (Å²) in [5.41, 5.74) is 7.34. The van der Waals surface area contributed by atoms with E-state index in [1.807, 2.05) is 31.2 Å². The third-order valence-electron chi connectivity index (χ3n) is 2.46. The lowest BCUT2D eigenvalue weighted by Crippen LogP contribution is -2.36. The molecule has 0 radical (unpaired) electrons. The van der Waals surface area contributed by atoms with Crippen LogP contribution in [0.25, 0.3) is 0 Å². The van der Waals surface area contributed by atoms with E-state index in [1.54, 1.807) is 0 Å². The van der Waals surface area contributed by atoms with Crippen LogP contribution < -0.4 is 11.1 Å². The van der Waals surface area contributed by atoms with Crippen molar-refractivity contribution in [3.8, 4) is 0 Å². The standard InChI is InChI=1S/C12H16N2O3/c1-8-4-2-3-5-9(8)7-14-11(15)6-10(13)12(16)17/h2-5,10H,6-7,13H2,1H3,(H,14,15)(H,16,17)/t10-/m0/s1. The number of rotatable bonds is 5. The fraction of sp³-hybridized carbons (Fsp3) is 0.333. The summed E-state index contributed by atoms with van der Waals surface area (Å²) in [6, 6.07) is 6.52. The molecule has 4 N–H and O–H groups in total. The Bertz CT molecular complexity index is 418. The van der Waals surface area contributed by atoms with Gasteiger partial charge in [-0.05, 0) is 18.1 Å². The van der Waals surface area contributed by atoms with Gasteiger partial charge in [-0.3, -0.25) is 9.59 Å². The zero-order valence-electron chi connectivity index (χ0n) is 9.64. The predicted molar refractivity (Wildman–Crippen MR) is 63.3 cm³/mol. The molecular formula is C12H16N2O3. The first-order valence-electron chi connectivity index (χ1n) is 5.30. The maximum Gasteiger partial charge on any atom is 0.321 e. The number of aliphatic carboxylic acids is 1. The first-order chi connectivity index (χ1) is 8.00. The van der Waals surface area contributed by atoms with Crippen molar-refractivity contribution in [2.45, 2.75) is 25.9 Å². The normalized spacial score (nSPS) is 11.9. The molecule has 0 spiro atoms. The van der Waals surface area contributed by atoms with Crippen LogP contribution in [0, 0.1) is 6.92 Å². The van der Waals surface area contributed by atoms with Crippen molar-refractivity contribution in [3.05, 3.63) is 35.4 Å². The fourth-order valence-electron chi connectivity index (χ4n) is 1.36. The number of carbonyl (C=O) groups is 2. The van der Waals surface area contributed by atoms with Crippen LogP contribution in [-0.4, -0.2) is 23.0 Å². The van der Waals surface area contributed by atoms with Gasteiger partial charge in [0.05, 0.1) is 6.42 Å². The Morgan fingerprint density at radius 1 is 1.41 bits per heavy atom. The van der Waals surface area contributed by atoms with Gasteiger partial charge in [0.1, 0.15) is 6.04 Å². The van der Waals surface area contributed by atoms with E-state index in [-0.39, 0.29) is 12.3 Å². The lowest BCUT2D eigenvalue weighted by molar-refractivity contribution is -0.140. The van der Waals surface area contributed by atoms with Gasteiger partial charge >= 0.3 is 5.97 Å². The highest BCUT2D eigenvalue weighted by molar-refractivity contribution is 5.84. The summed E-state index contributed by atoms with van der Waals surface area (Å²) >= 11 is 0. The second-order valence-electron chi connectivity index (χ2n) is 3.85. The van der Waals surface area contributed by atoms with Gasteiger partial charge in [0.15, 0.2) is 0 Å². The summed E-state index contributed by atoms with van der Waals surface area (Å²) in [5, 5.41) is 11.2. The highest BCUT2D eigenvalue weighted by Gasteiger charge is 2.15. The van der Waals surface area contributed by atoms with Crippen LogP contribution in [0.3, 0.4) is 0 Å². The number of nitrogens with two attached hydrogens (primary N) is 1. The van der Waals surface area contributed by atoms with Crippen molar-refractivity contribution < 1.29 is 14.7 Å². The molecule has 1 amide bonds. The Hall–Kier alpha value is -1.88. The van der Waals surface area contributed by atoms with Crippen LogP contribution in [0.15, 0.2) is 24.3 Å². The second-order valence-corrected chi connectivity index (χ2v) is 3.85. The van der Waals surface area contributed by atoms with E-state index in [9.17, 15) is 9.59 Å². The molecule has 0 aliphatic heterocycles. The van der Waals surface area contributed by atoms with Crippen molar-refractivity contribution in [2.75, 3.05) is 0 Å². The topological polar surface area (TPSA) is 92.4 Å². The molecule has 1 aromatic rings. The molecule has 0 bridgehead atoms. The molecule has 0 fully saturated rings. The average molecular weight is 236 g/mol. The van der Waals surface area contributed by atoms with Gasteiger partial charge in [0.25, 0.3) is 0 Å². The number of amides is 1. The predicted octanol–water partition coefficient (Wildman–Crippen LogP) is 0.413. The lowest BCUT2D eigenvalue weighted by Gasteiger charge is -2.09. The third kappa shape index (κ3) is 4.24. The number of benzene rings is 1. The second kappa shape index (κ2) is 6.00. The van der Waals surface area contributed by atoms with E-state index in [0.717, 1.165) is 11.1 Å². The molecule has 0 unspecified atom stereocenters. The van der Waals surface area contributed by atoms with Gasteiger partial charge in [-0.25, -0.2) is 0 Å². The Morgan fingerprint density at radius 3 is 2.65 bits per heavy atom. The van der Waals surface area contributed by atoms with E-state index in [0.29, 0.717) is 6.54 Å². The minimum atomic E-state index is -1.17. The van der Waals surface area contributed by atoms with Crippen LogP contribution in [0.5, 0.6) is 0 Å².